The zero-order chi connectivity index (χ0) is 12.8. The molecule has 0 aliphatic carbocycles. The van der Waals surface area contributed by atoms with E-state index in [0.717, 1.165) is 11.3 Å². The quantitative estimate of drug-likeness (QED) is 0.801. The topological polar surface area (TPSA) is 68.0 Å². The van der Waals surface area contributed by atoms with Gasteiger partial charge in [-0.15, -0.1) is 0 Å². The minimum absolute atomic E-state index is 0.00350. The normalized spacial score (nSPS) is 12.5. The van der Waals surface area contributed by atoms with E-state index in [1.165, 1.54) is 0 Å². The summed E-state index contributed by atoms with van der Waals surface area (Å²) < 4.78 is 0. The van der Waals surface area contributed by atoms with E-state index < -0.39 is 0 Å². The molecule has 1 aromatic rings. The van der Waals surface area contributed by atoms with E-state index >= 15 is 0 Å². The summed E-state index contributed by atoms with van der Waals surface area (Å²) in [4.78, 5) is 15.9. The van der Waals surface area contributed by atoms with Gasteiger partial charge in [-0.3, -0.25) is 9.78 Å². The van der Waals surface area contributed by atoms with Crippen molar-refractivity contribution in [1.82, 2.24) is 10.3 Å². The van der Waals surface area contributed by atoms with Gasteiger partial charge in [0.25, 0.3) is 0 Å². The Morgan fingerprint density at radius 3 is 2.82 bits per heavy atom. The minimum Gasteiger partial charge on any atom is -0.354 e. The molecule has 0 saturated heterocycles. The predicted molar refractivity (Wildman–Crippen MR) is 68.5 cm³/mol. The van der Waals surface area contributed by atoms with Crippen LogP contribution in [-0.2, 0) is 11.2 Å². The second kappa shape index (κ2) is 6.35. The highest BCUT2D eigenvalue weighted by molar-refractivity contribution is 5.78. The number of pyridine rings is 1. The van der Waals surface area contributed by atoms with Crippen molar-refractivity contribution in [2.24, 2.45) is 11.7 Å². The molecule has 1 atom stereocenters. The smallest absolute Gasteiger partial charge is 0.226 e. The Morgan fingerprint density at radius 1 is 1.53 bits per heavy atom. The molecule has 0 spiro atoms. The number of amides is 1. The average molecular weight is 235 g/mol. The average Bonchev–Trinajstić information content (AvgIpc) is 2.29. The number of nitrogens with two attached hydrogens (primary N) is 1. The summed E-state index contributed by atoms with van der Waals surface area (Å²) in [5.74, 6) is 0.342. The van der Waals surface area contributed by atoms with Crippen molar-refractivity contribution >= 4 is 5.91 Å². The van der Waals surface area contributed by atoms with Crippen LogP contribution in [0.4, 0.5) is 0 Å². The second-order valence-corrected chi connectivity index (χ2v) is 4.66. The first-order valence-corrected chi connectivity index (χ1v) is 5.93. The molecule has 0 radical (unpaired) electrons. The fourth-order valence-electron chi connectivity index (χ4n) is 1.39. The van der Waals surface area contributed by atoms with Crippen molar-refractivity contribution in [2.75, 3.05) is 6.54 Å². The maximum Gasteiger partial charge on any atom is 0.226 e. The van der Waals surface area contributed by atoms with Gasteiger partial charge in [0.2, 0.25) is 5.91 Å². The highest BCUT2D eigenvalue weighted by Crippen LogP contribution is 2.03. The molecule has 1 amide bonds. The predicted octanol–water partition coefficient (Wildman–Crippen LogP) is 1.03. The highest BCUT2D eigenvalue weighted by Gasteiger charge is 2.10. The van der Waals surface area contributed by atoms with E-state index in [4.69, 9.17) is 5.73 Å². The van der Waals surface area contributed by atoms with Crippen LogP contribution in [0.15, 0.2) is 18.3 Å². The van der Waals surface area contributed by atoms with Crippen LogP contribution >= 0.6 is 0 Å². The van der Waals surface area contributed by atoms with Gasteiger partial charge < -0.3 is 11.1 Å². The zero-order valence-corrected chi connectivity index (χ0v) is 10.7. The molecule has 94 valence electrons. The van der Waals surface area contributed by atoms with Crippen LogP contribution in [0, 0.1) is 12.8 Å². The van der Waals surface area contributed by atoms with Gasteiger partial charge in [-0.05, 0) is 24.5 Å². The number of carbonyl (C=O) groups is 1. The largest absolute Gasteiger partial charge is 0.354 e. The van der Waals surface area contributed by atoms with E-state index in [9.17, 15) is 4.79 Å². The summed E-state index contributed by atoms with van der Waals surface area (Å²) in [6, 6.07) is 3.82. The lowest BCUT2D eigenvalue weighted by Crippen LogP contribution is -2.41. The number of rotatable bonds is 5. The van der Waals surface area contributed by atoms with Gasteiger partial charge in [0.15, 0.2) is 0 Å². The summed E-state index contributed by atoms with van der Waals surface area (Å²) in [5.41, 5.74) is 7.72. The molecule has 17 heavy (non-hydrogen) atoms. The molecule has 3 N–H and O–H groups in total. The number of aromatic nitrogens is 1. The van der Waals surface area contributed by atoms with Crippen molar-refractivity contribution in [3.63, 3.8) is 0 Å². The molecule has 0 aliphatic rings. The van der Waals surface area contributed by atoms with E-state index in [0.29, 0.717) is 18.9 Å². The standard InChI is InChI=1S/C13H21N3O/c1-9(2)11(14)8-16-13(17)7-12-10(3)5-4-6-15-12/h4-6,9,11H,7-8,14H2,1-3H3,(H,16,17). The van der Waals surface area contributed by atoms with Gasteiger partial charge in [0, 0.05) is 18.8 Å². The molecule has 1 aromatic heterocycles. The van der Waals surface area contributed by atoms with Gasteiger partial charge in [-0.1, -0.05) is 19.9 Å². The van der Waals surface area contributed by atoms with E-state index in [1.807, 2.05) is 32.9 Å². The summed E-state index contributed by atoms with van der Waals surface area (Å²) >= 11 is 0. The first-order valence-electron chi connectivity index (χ1n) is 5.93. The third-order valence-corrected chi connectivity index (χ3v) is 2.84. The number of nitrogens with zero attached hydrogens (tertiary/aromatic N) is 1. The molecule has 0 fully saturated rings. The molecule has 1 heterocycles. The molecule has 4 nitrogen and oxygen atoms in total. The van der Waals surface area contributed by atoms with Gasteiger partial charge in [0.1, 0.15) is 0 Å². The number of aryl methyl sites for hydroxylation is 1. The summed E-state index contributed by atoms with van der Waals surface area (Å²) in [5, 5.41) is 2.84. The van der Waals surface area contributed by atoms with Crippen molar-refractivity contribution in [1.29, 1.82) is 0 Å². The van der Waals surface area contributed by atoms with Crippen molar-refractivity contribution in [3.05, 3.63) is 29.6 Å². The number of hydrogen-bond acceptors (Lipinski definition) is 3. The van der Waals surface area contributed by atoms with Crippen LogP contribution in [0.2, 0.25) is 0 Å². The summed E-state index contributed by atoms with van der Waals surface area (Å²) in [7, 11) is 0. The molecular weight excluding hydrogens is 214 g/mol. The Hall–Kier alpha value is -1.42. The second-order valence-electron chi connectivity index (χ2n) is 4.66. The van der Waals surface area contributed by atoms with Gasteiger partial charge in [0.05, 0.1) is 12.1 Å². The van der Waals surface area contributed by atoms with E-state index in [1.54, 1.807) is 6.20 Å². The van der Waals surface area contributed by atoms with Gasteiger partial charge in [-0.2, -0.15) is 0 Å². The SMILES string of the molecule is Cc1cccnc1CC(=O)NCC(N)C(C)C. The Balaban J connectivity index is 2.43. The van der Waals surface area contributed by atoms with Crippen LogP contribution < -0.4 is 11.1 Å². The lowest BCUT2D eigenvalue weighted by Gasteiger charge is -2.16. The lowest BCUT2D eigenvalue weighted by molar-refractivity contribution is -0.120. The molecule has 0 aliphatic heterocycles. The number of hydrogen-bond donors (Lipinski definition) is 2. The zero-order valence-electron chi connectivity index (χ0n) is 10.7. The third-order valence-electron chi connectivity index (χ3n) is 2.84. The van der Waals surface area contributed by atoms with Crippen LogP contribution in [0.5, 0.6) is 0 Å². The van der Waals surface area contributed by atoms with Crippen LogP contribution in [0.3, 0.4) is 0 Å². The van der Waals surface area contributed by atoms with Crippen LogP contribution in [0.1, 0.15) is 25.1 Å². The van der Waals surface area contributed by atoms with E-state index in [-0.39, 0.29) is 11.9 Å². The Kier molecular flexibility index (Phi) is 5.10. The minimum atomic E-state index is -0.0251. The monoisotopic (exact) mass is 235 g/mol. The summed E-state index contributed by atoms with van der Waals surface area (Å²) in [6.07, 6.45) is 2.02. The number of nitrogens with one attached hydrogen (secondary N) is 1. The molecule has 4 heteroatoms. The fourth-order valence-corrected chi connectivity index (χ4v) is 1.39. The Morgan fingerprint density at radius 2 is 2.24 bits per heavy atom. The molecule has 1 rings (SSSR count). The maximum atomic E-state index is 11.7. The molecule has 0 saturated carbocycles. The first-order chi connectivity index (χ1) is 8.00. The molecule has 1 unspecified atom stereocenters. The maximum absolute atomic E-state index is 11.7. The first kappa shape index (κ1) is 13.6. The van der Waals surface area contributed by atoms with Gasteiger partial charge >= 0.3 is 0 Å². The molecule has 0 bridgehead atoms. The van der Waals surface area contributed by atoms with Crippen LogP contribution in [-0.4, -0.2) is 23.5 Å². The third kappa shape index (κ3) is 4.53. The van der Waals surface area contributed by atoms with Crippen molar-refractivity contribution in [3.8, 4) is 0 Å². The number of carbonyl (C=O) groups excluding carboxylic acids is 1. The highest BCUT2D eigenvalue weighted by atomic mass is 16.1. The molecular formula is C13H21N3O. The molecule has 0 aromatic carbocycles. The van der Waals surface area contributed by atoms with Crippen LogP contribution in [0.25, 0.3) is 0 Å². The van der Waals surface area contributed by atoms with Gasteiger partial charge in [-0.25, -0.2) is 0 Å². The summed E-state index contributed by atoms with van der Waals surface area (Å²) in [6.45, 7) is 6.55. The van der Waals surface area contributed by atoms with Crippen molar-refractivity contribution in [2.45, 2.75) is 33.2 Å². The lowest BCUT2D eigenvalue weighted by atomic mass is 10.1. The fraction of sp³-hybridized carbons (Fsp3) is 0.538. The Bertz CT molecular complexity index is 377. The Labute approximate surface area is 103 Å². The van der Waals surface area contributed by atoms with Crippen molar-refractivity contribution < 1.29 is 4.79 Å². The van der Waals surface area contributed by atoms with E-state index in [2.05, 4.69) is 10.3 Å².